The van der Waals surface area contributed by atoms with Crippen molar-refractivity contribution in [1.29, 1.82) is 0 Å². The fraction of sp³-hybridized carbons (Fsp3) is 0.840. The van der Waals surface area contributed by atoms with Crippen LogP contribution in [0.1, 0.15) is 136 Å². The van der Waals surface area contributed by atoms with Crippen LogP contribution in [-0.2, 0) is 0 Å². The lowest BCUT2D eigenvalue weighted by Gasteiger charge is -2.02. The number of rotatable bonds is 20. The highest BCUT2D eigenvalue weighted by Gasteiger charge is 1.93. The van der Waals surface area contributed by atoms with E-state index in [4.69, 9.17) is 0 Å². The molecule has 0 atom stereocenters. The summed E-state index contributed by atoms with van der Waals surface area (Å²) in [4.78, 5) is 0. The molecule has 0 aromatic rings. The molecule has 0 aliphatic heterocycles. The van der Waals surface area contributed by atoms with Crippen LogP contribution in [0.5, 0.6) is 0 Å². The second-order valence-electron chi connectivity index (χ2n) is 7.74. The quantitative estimate of drug-likeness (QED) is 0.152. The first-order valence-corrected chi connectivity index (χ1v) is 11.7. The molecule has 0 unspecified atom stereocenters. The molecule has 148 valence electrons. The standard InChI is InChI=1S/C25H48/c1-3-5-7-9-11-13-15-17-19-21-23-25-24-22-20-18-16-14-12-10-8-6-4-2/h13,15,17,19H,3-12,14,16,18,20-25H2,1-2H3/b15-13+,19-17+. The Bertz CT molecular complexity index is 274. The summed E-state index contributed by atoms with van der Waals surface area (Å²) in [6.07, 6.45) is 35.9. The summed E-state index contributed by atoms with van der Waals surface area (Å²) in [6.45, 7) is 4.57. The van der Waals surface area contributed by atoms with Crippen molar-refractivity contribution < 1.29 is 0 Å². The van der Waals surface area contributed by atoms with Crippen LogP contribution in [0.4, 0.5) is 0 Å². The van der Waals surface area contributed by atoms with Crippen LogP contribution in [0.15, 0.2) is 24.3 Å². The van der Waals surface area contributed by atoms with E-state index in [0.29, 0.717) is 0 Å². The zero-order valence-electron chi connectivity index (χ0n) is 17.7. The maximum absolute atomic E-state index is 2.35. The third kappa shape index (κ3) is 23.5. The van der Waals surface area contributed by atoms with Crippen molar-refractivity contribution in [2.45, 2.75) is 136 Å². The van der Waals surface area contributed by atoms with Gasteiger partial charge in [0.2, 0.25) is 0 Å². The molecular weight excluding hydrogens is 300 g/mol. The molecule has 0 saturated heterocycles. The van der Waals surface area contributed by atoms with E-state index in [0.717, 1.165) is 0 Å². The molecule has 0 aliphatic carbocycles. The normalized spacial score (nSPS) is 11.9. The summed E-state index contributed by atoms with van der Waals surface area (Å²) in [7, 11) is 0. The van der Waals surface area contributed by atoms with Crippen LogP contribution in [0, 0.1) is 0 Å². The van der Waals surface area contributed by atoms with Crippen LogP contribution < -0.4 is 0 Å². The number of allylic oxidation sites excluding steroid dienone is 4. The molecular formula is C25H48. The average molecular weight is 349 g/mol. The molecule has 0 heteroatoms. The van der Waals surface area contributed by atoms with Crippen molar-refractivity contribution in [1.82, 2.24) is 0 Å². The first kappa shape index (κ1) is 24.5. The first-order valence-electron chi connectivity index (χ1n) is 11.7. The molecule has 0 amide bonds. The number of unbranched alkanes of at least 4 members (excludes halogenated alkanes) is 17. The Morgan fingerprint density at radius 3 is 1.00 bits per heavy atom. The third-order valence-corrected chi connectivity index (χ3v) is 5.08. The fourth-order valence-corrected chi connectivity index (χ4v) is 3.32. The van der Waals surface area contributed by atoms with Crippen LogP contribution in [0.3, 0.4) is 0 Å². The Hall–Kier alpha value is -0.520. The zero-order valence-corrected chi connectivity index (χ0v) is 17.7. The molecule has 0 heterocycles. The van der Waals surface area contributed by atoms with Gasteiger partial charge < -0.3 is 0 Å². The Balaban J connectivity index is 3.11. The van der Waals surface area contributed by atoms with Crippen molar-refractivity contribution in [3.63, 3.8) is 0 Å². The minimum atomic E-state index is 1.25. The Labute approximate surface area is 160 Å². The smallest absolute Gasteiger partial charge is 0.0348 e. The van der Waals surface area contributed by atoms with E-state index < -0.39 is 0 Å². The highest BCUT2D eigenvalue weighted by Crippen LogP contribution is 2.13. The van der Waals surface area contributed by atoms with E-state index in [-0.39, 0.29) is 0 Å². The summed E-state index contributed by atoms with van der Waals surface area (Å²) >= 11 is 0. The van der Waals surface area contributed by atoms with Crippen LogP contribution in [-0.4, -0.2) is 0 Å². The summed E-state index contributed by atoms with van der Waals surface area (Å²) in [5.41, 5.74) is 0. The van der Waals surface area contributed by atoms with Gasteiger partial charge in [-0.05, 0) is 25.7 Å². The van der Waals surface area contributed by atoms with E-state index in [1.165, 1.54) is 122 Å². The van der Waals surface area contributed by atoms with E-state index >= 15 is 0 Å². The van der Waals surface area contributed by atoms with Crippen LogP contribution >= 0.6 is 0 Å². The Morgan fingerprint density at radius 2 is 0.640 bits per heavy atom. The molecule has 0 rings (SSSR count). The van der Waals surface area contributed by atoms with Crippen LogP contribution in [0.25, 0.3) is 0 Å². The van der Waals surface area contributed by atoms with Gasteiger partial charge in [-0.1, -0.05) is 134 Å². The molecule has 25 heavy (non-hydrogen) atoms. The van der Waals surface area contributed by atoms with Crippen molar-refractivity contribution in [2.24, 2.45) is 0 Å². The number of hydrogen-bond acceptors (Lipinski definition) is 0. The molecule has 0 aromatic carbocycles. The molecule has 0 fully saturated rings. The Kier molecular flexibility index (Phi) is 23.0. The minimum Gasteiger partial charge on any atom is -0.0845 e. The molecule has 0 radical (unpaired) electrons. The van der Waals surface area contributed by atoms with Crippen molar-refractivity contribution in [2.75, 3.05) is 0 Å². The predicted octanol–water partition coefficient (Wildman–Crippen LogP) is 9.55. The average Bonchev–Trinajstić information content (AvgIpc) is 2.63. The number of hydrogen-bond donors (Lipinski definition) is 0. The minimum absolute atomic E-state index is 1.25. The molecule has 0 spiro atoms. The lowest BCUT2D eigenvalue weighted by atomic mass is 10.0. The van der Waals surface area contributed by atoms with Gasteiger partial charge in [-0.3, -0.25) is 0 Å². The van der Waals surface area contributed by atoms with Gasteiger partial charge in [0.15, 0.2) is 0 Å². The Morgan fingerprint density at radius 1 is 0.360 bits per heavy atom. The molecule has 0 saturated carbocycles. The lowest BCUT2D eigenvalue weighted by molar-refractivity contribution is 0.540. The molecule has 0 nitrogen and oxygen atoms in total. The molecule has 0 aromatic heterocycles. The van der Waals surface area contributed by atoms with E-state index in [1.807, 2.05) is 0 Å². The van der Waals surface area contributed by atoms with Gasteiger partial charge in [-0.25, -0.2) is 0 Å². The lowest BCUT2D eigenvalue weighted by Crippen LogP contribution is -1.82. The van der Waals surface area contributed by atoms with Crippen molar-refractivity contribution in [3.05, 3.63) is 24.3 Å². The van der Waals surface area contributed by atoms with Gasteiger partial charge in [0, 0.05) is 0 Å². The van der Waals surface area contributed by atoms with E-state index in [9.17, 15) is 0 Å². The van der Waals surface area contributed by atoms with Crippen molar-refractivity contribution >= 4 is 0 Å². The second kappa shape index (κ2) is 23.5. The third-order valence-electron chi connectivity index (χ3n) is 5.08. The fourth-order valence-electron chi connectivity index (χ4n) is 3.32. The largest absolute Gasteiger partial charge is 0.0845 e. The maximum atomic E-state index is 2.35. The highest BCUT2D eigenvalue weighted by atomic mass is 14.0. The van der Waals surface area contributed by atoms with E-state index in [2.05, 4.69) is 38.2 Å². The first-order chi connectivity index (χ1) is 12.4. The topological polar surface area (TPSA) is 0 Å². The monoisotopic (exact) mass is 348 g/mol. The SMILES string of the molecule is CCCCCC/C=C/C=C/CCCCCCCCCCCCCCC. The summed E-state index contributed by atoms with van der Waals surface area (Å²) in [6, 6.07) is 0. The van der Waals surface area contributed by atoms with Gasteiger partial charge >= 0.3 is 0 Å². The summed E-state index contributed by atoms with van der Waals surface area (Å²) in [5.74, 6) is 0. The predicted molar refractivity (Wildman–Crippen MR) is 117 cm³/mol. The molecule has 0 N–H and O–H groups in total. The summed E-state index contributed by atoms with van der Waals surface area (Å²) < 4.78 is 0. The van der Waals surface area contributed by atoms with Gasteiger partial charge in [0.05, 0.1) is 0 Å². The van der Waals surface area contributed by atoms with Crippen molar-refractivity contribution in [3.8, 4) is 0 Å². The van der Waals surface area contributed by atoms with Gasteiger partial charge in [-0.2, -0.15) is 0 Å². The summed E-state index contributed by atoms with van der Waals surface area (Å²) in [5, 5.41) is 0. The van der Waals surface area contributed by atoms with Gasteiger partial charge in [0.25, 0.3) is 0 Å². The molecule has 0 aliphatic rings. The zero-order chi connectivity index (χ0) is 18.3. The molecule has 0 bridgehead atoms. The van der Waals surface area contributed by atoms with Crippen LogP contribution in [0.2, 0.25) is 0 Å². The highest BCUT2D eigenvalue weighted by molar-refractivity contribution is 5.02. The van der Waals surface area contributed by atoms with Gasteiger partial charge in [-0.15, -0.1) is 0 Å². The van der Waals surface area contributed by atoms with Gasteiger partial charge in [0.1, 0.15) is 0 Å². The second-order valence-corrected chi connectivity index (χ2v) is 7.74. The maximum Gasteiger partial charge on any atom is -0.0348 e. The van der Waals surface area contributed by atoms with E-state index in [1.54, 1.807) is 0 Å².